The molecule has 0 saturated carbocycles. The van der Waals surface area contributed by atoms with Crippen LogP contribution < -0.4 is 9.47 Å². The number of likely N-dealkylation sites (tertiary alicyclic amines) is 1. The van der Waals surface area contributed by atoms with Crippen LogP contribution in [0.15, 0.2) is 12.1 Å². The van der Waals surface area contributed by atoms with E-state index in [1.165, 1.54) is 11.1 Å². The topological polar surface area (TPSA) is 48.0 Å². The Labute approximate surface area is 136 Å². The summed E-state index contributed by atoms with van der Waals surface area (Å²) in [5.74, 6) is 2.14. The lowest BCUT2D eigenvalue weighted by Crippen LogP contribution is -2.42. The van der Waals surface area contributed by atoms with Crippen molar-refractivity contribution in [3.63, 3.8) is 0 Å². The number of nitrogens with zero attached hydrogens (tertiary/aromatic N) is 1. The summed E-state index contributed by atoms with van der Waals surface area (Å²) in [5.41, 5.74) is 2.14. The van der Waals surface area contributed by atoms with Gasteiger partial charge >= 0.3 is 6.09 Å². The molecule has 1 fully saturated rings. The Morgan fingerprint density at radius 2 is 2.09 bits per heavy atom. The summed E-state index contributed by atoms with van der Waals surface area (Å²) < 4.78 is 16.7. The fourth-order valence-corrected chi connectivity index (χ4v) is 4.06. The van der Waals surface area contributed by atoms with Crippen LogP contribution in [0.5, 0.6) is 11.5 Å². The zero-order chi connectivity index (χ0) is 16.2. The molecule has 0 spiro atoms. The molecule has 1 saturated heterocycles. The van der Waals surface area contributed by atoms with E-state index in [2.05, 4.69) is 6.07 Å². The van der Waals surface area contributed by atoms with E-state index >= 15 is 0 Å². The molecule has 1 amide bonds. The molecule has 0 N–H and O–H groups in total. The number of hydrogen-bond acceptors (Lipinski definition) is 4. The van der Waals surface area contributed by atoms with Crippen LogP contribution in [-0.2, 0) is 11.2 Å². The van der Waals surface area contributed by atoms with Gasteiger partial charge in [-0.2, -0.15) is 0 Å². The number of carbonyl (C=O) groups is 1. The van der Waals surface area contributed by atoms with E-state index in [1.807, 2.05) is 31.7 Å². The molecule has 1 aromatic carbocycles. The van der Waals surface area contributed by atoms with Crippen LogP contribution in [-0.4, -0.2) is 36.0 Å². The highest BCUT2D eigenvalue weighted by Crippen LogP contribution is 2.48. The predicted molar refractivity (Wildman–Crippen MR) is 85.0 cm³/mol. The molecule has 1 aliphatic carbocycles. The normalized spacial score (nSPS) is 25.1. The van der Waals surface area contributed by atoms with E-state index in [-0.39, 0.29) is 12.1 Å². The monoisotopic (exact) mass is 317 g/mol. The summed E-state index contributed by atoms with van der Waals surface area (Å²) in [4.78, 5) is 14.4. The third-order valence-corrected chi connectivity index (χ3v) is 4.94. The Kier molecular flexibility index (Phi) is 3.22. The maximum Gasteiger partial charge on any atom is 0.410 e. The van der Waals surface area contributed by atoms with Crippen LogP contribution in [0.3, 0.4) is 0 Å². The molecule has 23 heavy (non-hydrogen) atoms. The third-order valence-electron chi connectivity index (χ3n) is 4.94. The predicted octanol–water partition coefficient (Wildman–Crippen LogP) is 3.45. The van der Waals surface area contributed by atoms with Crippen molar-refractivity contribution in [2.45, 2.75) is 57.6 Å². The van der Waals surface area contributed by atoms with Crippen molar-refractivity contribution in [2.24, 2.45) is 0 Å². The minimum absolute atomic E-state index is 0.186. The standard InChI is InChI=1S/C18H23NO4/c1-18(2,3)23-17(20)19-9-8-12-11-5-7-15-16(22-10-21-15)13(11)4-6-14(12)19/h5,7,12,14H,4,6,8-10H2,1-3H3. The fourth-order valence-electron chi connectivity index (χ4n) is 4.06. The van der Waals surface area contributed by atoms with Gasteiger partial charge < -0.3 is 19.1 Å². The molecule has 2 aliphatic heterocycles. The van der Waals surface area contributed by atoms with Crippen LogP contribution in [0.1, 0.15) is 50.7 Å². The molecule has 0 aromatic heterocycles. The van der Waals surface area contributed by atoms with Crippen molar-refractivity contribution in [3.8, 4) is 11.5 Å². The number of carbonyl (C=O) groups excluding carboxylic acids is 1. The molecule has 2 atom stereocenters. The fraction of sp³-hybridized carbons (Fsp3) is 0.611. The van der Waals surface area contributed by atoms with Gasteiger partial charge in [0.25, 0.3) is 0 Å². The van der Waals surface area contributed by atoms with Crippen molar-refractivity contribution in [1.82, 2.24) is 4.90 Å². The second-order valence-corrected chi connectivity index (χ2v) is 7.54. The van der Waals surface area contributed by atoms with Gasteiger partial charge in [0.2, 0.25) is 6.79 Å². The van der Waals surface area contributed by atoms with Crippen molar-refractivity contribution in [1.29, 1.82) is 0 Å². The smallest absolute Gasteiger partial charge is 0.410 e. The molecule has 4 rings (SSSR count). The highest BCUT2D eigenvalue weighted by Gasteiger charge is 2.43. The first-order valence-corrected chi connectivity index (χ1v) is 8.35. The van der Waals surface area contributed by atoms with Gasteiger partial charge in [-0.15, -0.1) is 0 Å². The number of amides is 1. The largest absolute Gasteiger partial charge is 0.454 e. The van der Waals surface area contributed by atoms with Gasteiger partial charge in [0.15, 0.2) is 11.5 Å². The van der Waals surface area contributed by atoms with Crippen LogP contribution in [0.25, 0.3) is 0 Å². The summed E-state index contributed by atoms with van der Waals surface area (Å²) in [6.07, 6.45) is 2.67. The molecule has 2 unspecified atom stereocenters. The van der Waals surface area contributed by atoms with Gasteiger partial charge in [-0.25, -0.2) is 4.79 Å². The van der Waals surface area contributed by atoms with E-state index in [4.69, 9.17) is 14.2 Å². The first-order chi connectivity index (χ1) is 10.9. The number of fused-ring (bicyclic) bond motifs is 5. The number of benzene rings is 1. The summed E-state index contributed by atoms with van der Waals surface area (Å²) in [7, 11) is 0. The van der Waals surface area contributed by atoms with Crippen molar-refractivity contribution >= 4 is 6.09 Å². The number of rotatable bonds is 0. The summed E-state index contributed by atoms with van der Waals surface area (Å²) >= 11 is 0. The van der Waals surface area contributed by atoms with Crippen LogP contribution in [0.4, 0.5) is 4.79 Å². The molecule has 5 heteroatoms. The lowest BCUT2D eigenvalue weighted by molar-refractivity contribution is 0.0210. The molecular formula is C18H23NO4. The lowest BCUT2D eigenvalue weighted by atomic mass is 9.79. The van der Waals surface area contributed by atoms with E-state index in [1.54, 1.807) is 0 Å². The van der Waals surface area contributed by atoms with E-state index < -0.39 is 5.60 Å². The van der Waals surface area contributed by atoms with Gasteiger partial charge in [0.1, 0.15) is 5.60 Å². The second kappa shape index (κ2) is 5.05. The maximum atomic E-state index is 12.5. The van der Waals surface area contributed by atoms with Gasteiger partial charge in [-0.05, 0) is 51.7 Å². The number of hydrogen-bond donors (Lipinski definition) is 0. The Morgan fingerprint density at radius 3 is 2.87 bits per heavy atom. The van der Waals surface area contributed by atoms with Gasteiger partial charge in [-0.1, -0.05) is 6.07 Å². The summed E-state index contributed by atoms with van der Waals surface area (Å²) in [5, 5.41) is 0. The highest BCUT2D eigenvalue weighted by atomic mass is 16.7. The number of ether oxygens (including phenoxy) is 3. The molecule has 2 heterocycles. The molecule has 0 radical (unpaired) electrons. The van der Waals surface area contributed by atoms with Gasteiger partial charge in [0.05, 0.1) is 0 Å². The highest BCUT2D eigenvalue weighted by molar-refractivity contribution is 5.70. The lowest BCUT2D eigenvalue weighted by Gasteiger charge is -2.34. The van der Waals surface area contributed by atoms with Crippen LogP contribution in [0.2, 0.25) is 0 Å². The summed E-state index contributed by atoms with van der Waals surface area (Å²) in [6, 6.07) is 4.38. The maximum absolute atomic E-state index is 12.5. The average Bonchev–Trinajstić information content (AvgIpc) is 3.11. The molecule has 0 bridgehead atoms. The molecule has 124 valence electrons. The second-order valence-electron chi connectivity index (χ2n) is 7.54. The molecule has 3 aliphatic rings. The van der Waals surface area contributed by atoms with E-state index in [0.717, 1.165) is 37.3 Å². The minimum atomic E-state index is -0.451. The first kappa shape index (κ1) is 14.7. The zero-order valence-electron chi connectivity index (χ0n) is 13.9. The molecule has 5 nitrogen and oxygen atoms in total. The van der Waals surface area contributed by atoms with Crippen LogP contribution >= 0.6 is 0 Å². The van der Waals surface area contributed by atoms with E-state index in [9.17, 15) is 4.79 Å². The van der Waals surface area contributed by atoms with Gasteiger partial charge in [0, 0.05) is 24.1 Å². The Morgan fingerprint density at radius 1 is 1.26 bits per heavy atom. The first-order valence-electron chi connectivity index (χ1n) is 8.35. The molecule has 1 aromatic rings. The minimum Gasteiger partial charge on any atom is -0.454 e. The summed E-state index contributed by atoms with van der Waals surface area (Å²) in [6.45, 7) is 6.81. The average molecular weight is 317 g/mol. The zero-order valence-corrected chi connectivity index (χ0v) is 13.9. The quantitative estimate of drug-likeness (QED) is 0.735. The SMILES string of the molecule is CC(C)(C)OC(=O)N1CCC2c3ccc4c(c3CCC21)OCO4. The van der Waals surface area contributed by atoms with Crippen molar-refractivity contribution < 1.29 is 19.0 Å². The Bertz CT molecular complexity index is 649. The van der Waals surface area contributed by atoms with Crippen LogP contribution in [0, 0.1) is 0 Å². The molecular weight excluding hydrogens is 294 g/mol. The van der Waals surface area contributed by atoms with E-state index in [0.29, 0.717) is 12.7 Å². The van der Waals surface area contributed by atoms with Gasteiger partial charge in [-0.3, -0.25) is 0 Å². The Balaban J connectivity index is 1.60. The van der Waals surface area contributed by atoms with Crippen molar-refractivity contribution in [3.05, 3.63) is 23.3 Å². The Hall–Kier alpha value is -1.91. The van der Waals surface area contributed by atoms with Crippen molar-refractivity contribution in [2.75, 3.05) is 13.3 Å². The third kappa shape index (κ3) is 2.42.